The van der Waals surface area contributed by atoms with Gasteiger partial charge in [-0.3, -0.25) is 9.59 Å². The summed E-state index contributed by atoms with van der Waals surface area (Å²) in [4.78, 5) is 28.5. The Bertz CT molecular complexity index is 870. The lowest BCUT2D eigenvalue weighted by Gasteiger charge is -2.22. The number of hydrogen-bond acceptors (Lipinski definition) is 3. The molecule has 0 bridgehead atoms. The van der Waals surface area contributed by atoms with E-state index in [9.17, 15) is 22.8 Å². The molecular formula is C23H25F3N2O3. The molecule has 1 heterocycles. The SMILES string of the molecule is O=C(CCCOc1ccccc1)N1CCCN(C(=O)c2ccc(C(F)(F)F)cc2)CC1. The Morgan fingerprint density at radius 1 is 0.871 bits per heavy atom. The molecule has 8 heteroatoms. The molecule has 1 fully saturated rings. The summed E-state index contributed by atoms with van der Waals surface area (Å²) < 4.78 is 43.7. The summed E-state index contributed by atoms with van der Waals surface area (Å²) in [5.74, 6) is 0.460. The van der Waals surface area contributed by atoms with Crippen molar-refractivity contribution in [2.24, 2.45) is 0 Å². The van der Waals surface area contributed by atoms with E-state index in [0.717, 1.165) is 17.9 Å². The second-order valence-corrected chi connectivity index (χ2v) is 7.37. The Kier molecular flexibility index (Phi) is 7.55. The lowest BCUT2D eigenvalue weighted by atomic mass is 10.1. The highest BCUT2D eigenvalue weighted by molar-refractivity contribution is 5.94. The van der Waals surface area contributed by atoms with Gasteiger partial charge in [0.1, 0.15) is 5.75 Å². The zero-order chi connectivity index (χ0) is 22.3. The van der Waals surface area contributed by atoms with Crippen LogP contribution in [0.2, 0.25) is 0 Å². The Labute approximate surface area is 179 Å². The average molecular weight is 434 g/mol. The van der Waals surface area contributed by atoms with Gasteiger partial charge in [-0.15, -0.1) is 0 Å². The van der Waals surface area contributed by atoms with Crippen molar-refractivity contribution in [1.29, 1.82) is 0 Å². The summed E-state index contributed by atoms with van der Waals surface area (Å²) >= 11 is 0. The molecule has 0 radical (unpaired) electrons. The highest BCUT2D eigenvalue weighted by atomic mass is 19.4. The lowest BCUT2D eigenvalue weighted by Crippen LogP contribution is -2.37. The summed E-state index contributed by atoms with van der Waals surface area (Å²) in [5, 5.41) is 0. The molecule has 1 saturated heterocycles. The van der Waals surface area contributed by atoms with Gasteiger partial charge in [0.25, 0.3) is 5.91 Å². The van der Waals surface area contributed by atoms with Crippen LogP contribution in [0.15, 0.2) is 54.6 Å². The van der Waals surface area contributed by atoms with Gasteiger partial charge < -0.3 is 14.5 Å². The molecule has 166 valence electrons. The van der Waals surface area contributed by atoms with E-state index in [-0.39, 0.29) is 17.4 Å². The van der Waals surface area contributed by atoms with E-state index in [4.69, 9.17) is 4.74 Å². The first-order valence-corrected chi connectivity index (χ1v) is 10.3. The zero-order valence-electron chi connectivity index (χ0n) is 17.1. The third kappa shape index (κ3) is 6.47. The molecule has 0 aromatic heterocycles. The zero-order valence-corrected chi connectivity index (χ0v) is 17.1. The third-order valence-corrected chi connectivity index (χ3v) is 5.14. The molecule has 0 unspecified atom stereocenters. The van der Waals surface area contributed by atoms with Crippen LogP contribution >= 0.6 is 0 Å². The quantitative estimate of drug-likeness (QED) is 0.639. The Balaban J connectivity index is 1.45. The summed E-state index contributed by atoms with van der Waals surface area (Å²) in [6.07, 6.45) is -2.85. The van der Waals surface area contributed by atoms with Gasteiger partial charge in [-0.25, -0.2) is 0 Å². The molecule has 0 spiro atoms. The Morgan fingerprint density at radius 3 is 2.19 bits per heavy atom. The second-order valence-electron chi connectivity index (χ2n) is 7.37. The maximum atomic E-state index is 12.7. The van der Waals surface area contributed by atoms with Crippen LogP contribution in [0.4, 0.5) is 13.2 Å². The minimum Gasteiger partial charge on any atom is -0.494 e. The van der Waals surface area contributed by atoms with Crippen molar-refractivity contribution >= 4 is 11.8 Å². The molecule has 1 aliphatic rings. The number of carbonyl (C=O) groups is 2. The van der Waals surface area contributed by atoms with E-state index in [1.165, 1.54) is 12.1 Å². The van der Waals surface area contributed by atoms with Crippen LogP contribution in [0.5, 0.6) is 5.75 Å². The topological polar surface area (TPSA) is 49.9 Å². The van der Waals surface area contributed by atoms with Crippen LogP contribution < -0.4 is 4.74 Å². The van der Waals surface area contributed by atoms with Crippen LogP contribution in [0.25, 0.3) is 0 Å². The number of benzene rings is 2. The van der Waals surface area contributed by atoms with Gasteiger partial charge in [0.05, 0.1) is 12.2 Å². The molecule has 5 nitrogen and oxygen atoms in total. The third-order valence-electron chi connectivity index (χ3n) is 5.14. The molecule has 2 amide bonds. The van der Waals surface area contributed by atoms with Crippen molar-refractivity contribution in [2.75, 3.05) is 32.8 Å². The first kappa shape index (κ1) is 22.7. The minimum absolute atomic E-state index is 0.0143. The van der Waals surface area contributed by atoms with E-state index in [0.29, 0.717) is 52.0 Å². The fourth-order valence-corrected chi connectivity index (χ4v) is 3.44. The minimum atomic E-state index is -4.43. The number of halogens is 3. The number of para-hydroxylation sites is 1. The van der Waals surface area contributed by atoms with Crippen molar-refractivity contribution in [3.8, 4) is 5.75 Å². The van der Waals surface area contributed by atoms with Gasteiger partial charge in [0.15, 0.2) is 0 Å². The average Bonchev–Trinajstić information content (AvgIpc) is 3.03. The number of ether oxygens (including phenoxy) is 1. The number of nitrogens with zero attached hydrogens (tertiary/aromatic N) is 2. The van der Waals surface area contributed by atoms with Gasteiger partial charge in [0, 0.05) is 38.2 Å². The van der Waals surface area contributed by atoms with Gasteiger partial charge >= 0.3 is 6.18 Å². The van der Waals surface area contributed by atoms with Gasteiger partial charge in [-0.1, -0.05) is 18.2 Å². The van der Waals surface area contributed by atoms with Gasteiger partial charge in [0.2, 0.25) is 5.91 Å². The van der Waals surface area contributed by atoms with E-state index >= 15 is 0 Å². The lowest BCUT2D eigenvalue weighted by molar-refractivity contribution is -0.137. The molecule has 3 rings (SSSR count). The fraction of sp³-hybridized carbons (Fsp3) is 0.391. The molecule has 1 aliphatic heterocycles. The maximum absolute atomic E-state index is 12.7. The van der Waals surface area contributed by atoms with Crippen molar-refractivity contribution in [3.63, 3.8) is 0 Å². The van der Waals surface area contributed by atoms with Crippen molar-refractivity contribution in [1.82, 2.24) is 9.80 Å². The first-order valence-electron chi connectivity index (χ1n) is 10.3. The fourth-order valence-electron chi connectivity index (χ4n) is 3.44. The number of amides is 2. The molecule has 2 aromatic rings. The Morgan fingerprint density at radius 2 is 1.52 bits per heavy atom. The molecular weight excluding hydrogens is 409 g/mol. The number of hydrogen-bond donors (Lipinski definition) is 0. The normalized spacial score (nSPS) is 14.8. The summed E-state index contributed by atoms with van der Waals surface area (Å²) in [6, 6.07) is 13.6. The number of carbonyl (C=O) groups excluding carboxylic acids is 2. The largest absolute Gasteiger partial charge is 0.494 e. The van der Waals surface area contributed by atoms with Crippen molar-refractivity contribution in [2.45, 2.75) is 25.4 Å². The first-order chi connectivity index (χ1) is 14.8. The predicted molar refractivity (Wildman–Crippen MR) is 110 cm³/mol. The van der Waals surface area contributed by atoms with Gasteiger partial charge in [-0.2, -0.15) is 13.2 Å². The summed E-state index contributed by atoms with van der Waals surface area (Å²) in [5.41, 5.74) is -0.571. The molecule has 0 atom stereocenters. The Hall–Kier alpha value is -3.03. The molecule has 31 heavy (non-hydrogen) atoms. The van der Waals surface area contributed by atoms with Crippen molar-refractivity contribution in [3.05, 3.63) is 65.7 Å². The molecule has 2 aromatic carbocycles. The second kappa shape index (κ2) is 10.3. The summed E-state index contributed by atoms with van der Waals surface area (Å²) in [7, 11) is 0. The standard InChI is InChI=1S/C23H25F3N2O3/c24-23(25,26)19-11-9-18(10-12-19)22(30)28-14-5-13-27(15-16-28)21(29)8-4-17-31-20-6-2-1-3-7-20/h1-3,6-7,9-12H,4-5,8,13-17H2. The highest BCUT2D eigenvalue weighted by Gasteiger charge is 2.30. The van der Waals surface area contributed by atoms with Crippen LogP contribution in [0, 0.1) is 0 Å². The smallest absolute Gasteiger partial charge is 0.416 e. The van der Waals surface area contributed by atoms with Crippen LogP contribution in [-0.4, -0.2) is 54.4 Å². The molecule has 0 N–H and O–H groups in total. The van der Waals surface area contributed by atoms with E-state index in [1.54, 1.807) is 9.80 Å². The predicted octanol–water partition coefficient (Wildman–Crippen LogP) is 4.24. The van der Waals surface area contributed by atoms with E-state index in [1.807, 2.05) is 30.3 Å². The van der Waals surface area contributed by atoms with Gasteiger partial charge in [-0.05, 0) is 49.2 Å². The van der Waals surface area contributed by atoms with Crippen LogP contribution in [0.3, 0.4) is 0 Å². The van der Waals surface area contributed by atoms with E-state index in [2.05, 4.69) is 0 Å². The monoisotopic (exact) mass is 434 g/mol. The van der Waals surface area contributed by atoms with E-state index < -0.39 is 11.7 Å². The highest BCUT2D eigenvalue weighted by Crippen LogP contribution is 2.29. The molecule has 0 saturated carbocycles. The maximum Gasteiger partial charge on any atom is 0.416 e. The number of alkyl halides is 3. The number of rotatable bonds is 6. The summed E-state index contributed by atoms with van der Waals surface area (Å²) in [6.45, 7) is 2.22. The van der Waals surface area contributed by atoms with Crippen molar-refractivity contribution < 1.29 is 27.5 Å². The van der Waals surface area contributed by atoms with Crippen LogP contribution in [0.1, 0.15) is 35.2 Å². The molecule has 0 aliphatic carbocycles. The van der Waals surface area contributed by atoms with Crippen LogP contribution in [-0.2, 0) is 11.0 Å².